The Morgan fingerprint density at radius 2 is 1.75 bits per heavy atom. The van der Waals surface area contributed by atoms with Crippen molar-refractivity contribution in [3.8, 4) is 0 Å². The maximum Gasteiger partial charge on any atom is 0.416 e. The summed E-state index contributed by atoms with van der Waals surface area (Å²) in [4.78, 5) is 40.8. The number of nitrogens with one attached hydrogen (secondary N) is 1. The Morgan fingerprint density at radius 1 is 1.05 bits per heavy atom. The summed E-state index contributed by atoms with van der Waals surface area (Å²) in [6.07, 6.45) is -2.12. The molecule has 3 aliphatic rings. The predicted octanol–water partition coefficient (Wildman–Crippen LogP) is 4.37. The van der Waals surface area contributed by atoms with Crippen LogP contribution in [0.1, 0.15) is 78.6 Å². The minimum atomic E-state index is -4.38. The first-order chi connectivity index (χ1) is 18.9. The maximum absolute atomic E-state index is 13.2. The van der Waals surface area contributed by atoms with E-state index in [0.717, 1.165) is 28.8 Å². The van der Waals surface area contributed by atoms with Crippen LogP contribution in [0, 0.1) is 5.41 Å². The van der Waals surface area contributed by atoms with Crippen molar-refractivity contribution < 1.29 is 32.7 Å². The summed E-state index contributed by atoms with van der Waals surface area (Å²) >= 11 is 0. The highest BCUT2D eigenvalue weighted by atomic mass is 19.4. The van der Waals surface area contributed by atoms with E-state index < -0.39 is 34.7 Å². The van der Waals surface area contributed by atoms with Gasteiger partial charge in [-0.2, -0.15) is 13.2 Å². The number of carbonyl (C=O) groups is 3. The molecule has 2 aromatic carbocycles. The molecule has 40 heavy (non-hydrogen) atoms. The van der Waals surface area contributed by atoms with Crippen molar-refractivity contribution in [3.63, 3.8) is 0 Å². The second-order valence-electron chi connectivity index (χ2n) is 11.3. The standard InChI is InChI=1S/C30H34F3N3O4/c1-3-28(4-2)18-35(16-19-5-7-21(8-6-19)30(31,32)33)14-13-29(28,40)22-9-10-23-20(15-22)17-36(27(23)39)24-11-12-25(37)34-26(24)38/h5-10,15,24,40H,3-4,11-14,16-18H2,1-2H3,(H,34,37,38). The Hall–Kier alpha value is -3.24. The van der Waals surface area contributed by atoms with E-state index in [-0.39, 0.29) is 31.2 Å². The van der Waals surface area contributed by atoms with Gasteiger partial charge in [-0.3, -0.25) is 24.6 Å². The quantitative estimate of drug-likeness (QED) is 0.515. The summed E-state index contributed by atoms with van der Waals surface area (Å²) in [7, 11) is 0. The molecule has 0 bridgehead atoms. The third-order valence-corrected chi connectivity index (χ3v) is 9.24. The van der Waals surface area contributed by atoms with Gasteiger partial charge < -0.3 is 10.0 Å². The number of fused-ring (bicyclic) bond motifs is 1. The predicted molar refractivity (Wildman–Crippen MR) is 141 cm³/mol. The van der Waals surface area contributed by atoms with Gasteiger partial charge >= 0.3 is 6.18 Å². The highest BCUT2D eigenvalue weighted by Crippen LogP contribution is 2.51. The Morgan fingerprint density at radius 3 is 2.38 bits per heavy atom. The molecule has 2 atom stereocenters. The van der Waals surface area contributed by atoms with Gasteiger partial charge in [0, 0.05) is 43.6 Å². The van der Waals surface area contributed by atoms with Crippen LogP contribution in [0.15, 0.2) is 42.5 Å². The van der Waals surface area contributed by atoms with E-state index >= 15 is 0 Å². The second kappa shape index (κ2) is 10.3. The summed E-state index contributed by atoms with van der Waals surface area (Å²) in [5.74, 6) is -1.06. The Bertz CT molecular complexity index is 1320. The number of hydrogen-bond acceptors (Lipinski definition) is 5. The highest BCUT2D eigenvalue weighted by molar-refractivity contribution is 6.05. The number of nitrogens with zero attached hydrogens (tertiary/aromatic N) is 2. The number of imide groups is 1. The molecule has 3 heterocycles. The summed E-state index contributed by atoms with van der Waals surface area (Å²) in [6, 6.07) is 9.92. The number of rotatable bonds is 6. The molecule has 0 spiro atoms. The number of aliphatic hydroxyl groups is 1. The average Bonchev–Trinajstić information content (AvgIpc) is 3.25. The number of benzene rings is 2. The van der Waals surface area contributed by atoms with Crippen molar-refractivity contribution in [2.75, 3.05) is 13.1 Å². The smallest absolute Gasteiger partial charge is 0.384 e. The normalized spacial score (nSPS) is 25.2. The topological polar surface area (TPSA) is 89.9 Å². The van der Waals surface area contributed by atoms with Crippen molar-refractivity contribution in [2.24, 2.45) is 5.41 Å². The highest BCUT2D eigenvalue weighted by Gasteiger charge is 2.53. The van der Waals surface area contributed by atoms with Gasteiger partial charge in [0.05, 0.1) is 11.2 Å². The molecule has 7 nitrogen and oxygen atoms in total. The van der Waals surface area contributed by atoms with Crippen LogP contribution in [0.25, 0.3) is 0 Å². The molecule has 0 aliphatic carbocycles. The zero-order valence-electron chi connectivity index (χ0n) is 22.7. The van der Waals surface area contributed by atoms with Gasteiger partial charge in [-0.25, -0.2) is 0 Å². The third kappa shape index (κ3) is 4.81. The molecule has 3 amide bonds. The minimum Gasteiger partial charge on any atom is -0.384 e. The van der Waals surface area contributed by atoms with Gasteiger partial charge in [0.25, 0.3) is 5.91 Å². The van der Waals surface area contributed by atoms with E-state index in [9.17, 15) is 32.7 Å². The van der Waals surface area contributed by atoms with Gasteiger partial charge in [0.15, 0.2) is 0 Å². The molecular weight excluding hydrogens is 523 g/mol. The van der Waals surface area contributed by atoms with Gasteiger partial charge in [-0.1, -0.05) is 38.1 Å². The van der Waals surface area contributed by atoms with Crippen molar-refractivity contribution in [2.45, 2.75) is 76.9 Å². The van der Waals surface area contributed by atoms with Crippen LogP contribution in [0.5, 0.6) is 0 Å². The van der Waals surface area contributed by atoms with E-state index in [2.05, 4.69) is 10.2 Å². The molecule has 2 fully saturated rings. The zero-order valence-corrected chi connectivity index (χ0v) is 22.7. The van der Waals surface area contributed by atoms with Crippen molar-refractivity contribution in [1.29, 1.82) is 0 Å². The molecule has 2 aromatic rings. The number of hydrogen-bond donors (Lipinski definition) is 2. The fourth-order valence-electron chi connectivity index (χ4n) is 6.76. The molecule has 0 saturated carbocycles. The van der Waals surface area contributed by atoms with Crippen molar-refractivity contribution >= 4 is 17.7 Å². The molecule has 214 valence electrons. The molecule has 5 rings (SSSR count). The third-order valence-electron chi connectivity index (χ3n) is 9.24. The summed E-state index contributed by atoms with van der Waals surface area (Å²) in [6.45, 7) is 5.91. The van der Waals surface area contributed by atoms with Crippen LogP contribution in [0.3, 0.4) is 0 Å². The van der Waals surface area contributed by atoms with E-state index in [1.54, 1.807) is 12.1 Å². The van der Waals surface area contributed by atoms with Crippen LogP contribution in [-0.2, 0) is 34.5 Å². The summed E-state index contributed by atoms with van der Waals surface area (Å²) in [5, 5.41) is 14.6. The minimum absolute atomic E-state index is 0.181. The lowest BCUT2D eigenvalue weighted by atomic mass is 9.61. The summed E-state index contributed by atoms with van der Waals surface area (Å²) in [5.41, 5.74) is 0.382. The zero-order chi connectivity index (χ0) is 28.9. The molecule has 3 aliphatic heterocycles. The molecule has 2 saturated heterocycles. The van der Waals surface area contributed by atoms with E-state index in [1.165, 1.54) is 17.0 Å². The van der Waals surface area contributed by atoms with E-state index in [1.807, 2.05) is 19.9 Å². The number of carbonyl (C=O) groups excluding carboxylic acids is 3. The van der Waals surface area contributed by atoms with Crippen LogP contribution in [0.4, 0.5) is 13.2 Å². The first kappa shape index (κ1) is 28.3. The SMILES string of the molecule is CCC1(CC)CN(Cc2ccc(C(F)(F)F)cc2)CCC1(O)c1ccc2c(c1)CN(C1CCC(=O)NC1=O)C2=O. The molecule has 10 heteroatoms. The number of likely N-dealkylation sites (tertiary alicyclic amines) is 1. The van der Waals surface area contributed by atoms with E-state index in [0.29, 0.717) is 44.5 Å². The number of halogens is 3. The second-order valence-corrected chi connectivity index (χ2v) is 11.3. The largest absolute Gasteiger partial charge is 0.416 e. The van der Waals surface area contributed by atoms with Crippen LogP contribution < -0.4 is 5.32 Å². The van der Waals surface area contributed by atoms with Gasteiger partial charge in [-0.15, -0.1) is 0 Å². The lowest BCUT2D eigenvalue weighted by Crippen LogP contribution is -2.57. The van der Waals surface area contributed by atoms with Crippen LogP contribution >= 0.6 is 0 Å². The fraction of sp³-hybridized carbons (Fsp3) is 0.500. The molecule has 0 aromatic heterocycles. The number of amides is 3. The first-order valence-electron chi connectivity index (χ1n) is 13.8. The molecular formula is C30H34F3N3O4. The van der Waals surface area contributed by atoms with Gasteiger partial charge in [0.1, 0.15) is 6.04 Å². The van der Waals surface area contributed by atoms with Gasteiger partial charge in [-0.05, 0) is 60.6 Å². The van der Waals surface area contributed by atoms with Crippen LogP contribution in [-0.4, -0.2) is 51.8 Å². The molecule has 0 radical (unpaired) electrons. The number of alkyl halides is 3. The number of piperidine rings is 2. The van der Waals surface area contributed by atoms with Crippen LogP contribution in [0.2, 0.25) is 0 Å². The molecule has 2 N–H and O–H groups in total. The fourth-order valence-corrected chi connectivity index (χ4v) is 6.76. The summed E-state index contributed by atoms with van der Waals surface area (Å²) < 4.78 is 38.9. The lowest BCUT2D eigenvalue weighted by Gasteiger charge is -2.54. The molecule has 2 unspecified atom stereocenters. The monoisotopic (exact) mass is 557 g/mol. The Labute approximate surface area is 231 Å². The maximum atomic E-state index is 13.2. The first-order valence-corrected chi connectivity index (χ1v) is 13.8. The Balaban J connectivity index is 1.36. The lowest BCUT2D eigenvalue weighted by molar-refractivity contribution is -0.148. The average molecular weight is 558 g/mol. The van der Waals surface area contributed by atoms with Gasteiger partial charge in [0.2, 0.25) is 11.8 Å². The van der Waals surface area contributed by atoms with E-state index in [4.69, 9.17) is 0 Å². The van der Waals surface area contributed by atoms with Crippen molar-refractivity contribution in [3.05, 3.63) is 70.3 Å². The van der Waals surface area contributed by atoms with Crippen molar-refractivity contribution in [1.82, 2.24) is 15.1 Å². The Kier molecular flexibility index (Phi) is 7.29.